The van der Waals surface area contributed by atoms with Crippen LogP contribution in [0.3, 0.4) is 0 Å². The predicted octanol–water partition coefficient (Wildman–Crippen LogP) is 4.29. The molecule has 6 nitrogen and oxygen atoms in total. The number of halogens is 2. The highest BCUT2D eigenvalue weighted by Crippen LogP contribution is 2.39. The number of carbonyl (C=O) groups is 1. The van der Waals surface area contributed by atoms with E-state index in [4.69, 9.17) is 9.73 Å². The number of esters is 1. The third-order valence-electron chi connectivity index (χ3n) is 4.60. The second-order valence-electron chi connectivity index (χ2n) is 6.27. The lowest BCUT2D eigenvalue weighted by molar-refractivity contribution is -0.139. The lowest BCUT2D eigenvalue weighted by atomic mass is 9.94. The van der Waals surface area contributed by atoms with Crippen LogP contribution in [0.15, 0.2) is 50.5 Å². The summed E-state index contributed by atoms with van der Waals surface area (Å²) in [6.45, 7) is 8.01. The van der Waals surface area contributed by atoms with E-state index in [1.54, 1.807) is 19.2 Å². The molecule has 1 aromatic heterocycles. The molecule has 0 bridgehead atoms. The maximum atomic E-state index is 13.7. The lowest BCUT2D eigenvalue weighted by Gasteiger charge is -2.38. The summed E-state index contributed by atoms with van der Waals surface area (Å²) < 4.78 is 19.6. The van der Waals surface area contributed by atoms with Crippen molar-refractivity contribution in [1.82, 2.24) is 15.2 Å². The molecule has 2 aliphatic rings. The maximum absolute atomic E-state index is 13.7. The Morgan fingerprint density at radius 2 is 2.23 bits per heavy atom. The predicted molar refractivity (Wildman–Crippen MR) is 120 cm³/mol. The van der Waals surface area contributed by atoms with Gasteiger partial charge in [0.15, 0.2) is 10.8 Å². The van der Waals surface area contributed by atoms with Gasteiger partial charge in [-0.1, -0.05) is 35.8 Å². The van der Waals surface area contributed by atoms with E-state index < -0.39 is 12.0 Å². The minimum absolute atomic E-state index is 0.267. The number of benzene rings is 1. The van der Waals surface area contributed by atoms with Crippen LogP contribution in [-0.4, -0.2) is 47.9 Å². The number of thiazole rings is 1. The molecule has 4 rings (SSSR count). The second-order valence-corrected chi connectivity index (χ2v) is 8.02. The van der Waals surface area contributed by atoms with Crippen LogP contribution in [0.2, 0.25) is 0 Å². The highest BCUT2D eigenvalue weighted by Gasteiger charge is 2.38. The Bertz CT molecular complexity index is 962. The van der Waals surface area contributed by atoms with Gasteiger partial charge in [-0.2, -0.15) is 0 Å². The Labute approximate surface area is 188 Å². The van der Waals surface area contributed by atoms with Gasteiger partial charge in [-0.25, -0.2) is 14.2 Å². The fraction of sp³-hybridized carbons (Fsp3) is 0.381. The van der Waals surface area contributed by atoms with Crippen LogP contribution in [0.25, 0.3) is 0 Å². The first-order valence-corrected chi connectivity index (χ1v) is 11.6. The van der Waals surface area contributed by atoms with E-state index in [1.807, 2.05) is 24.1 Å². The van der Waals surface area contributed by atoms with Gasteiger partial charge in [0, 0.05) is 41.4 Å². The molecule has 160 valence electrons. The molecule has 3 heterocycles. The van der Waals surface area contributed by atoms with Crippen LogP contribution in [0.4, 0.5) is 4.39 Å². The molecule has 1 atom stereocenters. The van der Waals surface area contributed by atoms with Crippen molar-refractivity contribution in [3.63, 3.8) is 0 Å². The van der Waals surface area contributed by atoms with Crippen molar-refractivity contribution in [2.24, 2.45) is 4.99 Å². The van der Waals surface area contributed by atoms with Crippen molar-refractivity contribution in [2.75, 3.05) is 26.2 Å². The number of aliphatic imine (C=N–C) groups is 1. The summed E-state index contributed by atoms with van der Waals surface area (Å²) in [4.78, 5) is 24.3. The summed E-state index contributed by atoms with van der Waals surface area (Å²) in [6, 6.07) is 3.79. The fourth-order valence-electron chi connectivity index (χ4n) is 3.41. The molecule has 2 aromatic rings. The first kappa shape index (κ1) is 22.6. The quantitative estimate of drug-likeness (QED) is 0.641. The van der Waals surface area contributed by atoms with Crippen molar-refractivity contribution in [1.29, 1.82) is 0 Å². The SMILES string of the molecule is CC.CCOC(=O)C1=C2CNCCN2C(c2nccs2)=NC1c1ccc(F)cc1Br. The van der Waals surface area contributed by atoms with Crippen LogP contribution in [0.1, 0.15) is 37.4 Å². The average molecular weight is 495 g/mol. The molecule has 1 saturated heterocycles. The smallest absolute Gasteiger partial charge is 0.338 e. The summed E-state index contributed by atoms with van der Waals surface area (Å²) in [6.07, 6.45) is 1.73. The largest absolute Gasteiger partial charge is 0.463 e. The summed E-state index contributed by atoms with van der Waals surface area (Å²) in [5.41, 5.74) is 2.00. The Morgan fingerprint density at radius 3 is 2.90 bits per heavy atom. The molecule has 0 amide bonds. The summed E-state index contributed by atoms with van der Waals surface area (Å²) in [5.74, 6) is -0.0444. The third-order valence-corrected chi connectivity index (χ3v) is 6.05. The molecule has 0 saturated carbocycles. The fourth-order valence-corrected chi connectivity index (χ4v) is 4.62. The number of ether oxygens (including phenoxy) is 1. The van der Waals surface area contributed by atoms with Crippen LogP contribution in [0.5, 0.6) is 0 Å². The molecule has 1 N–H and O–H groups in total. The Balaban J connectivity index is 0.00000124. The maximum Gasteiger partial charge on any atom is 0.338 e. The number of fused-ring (bicyclic) bond motifs is 1. The molecule has 1 aromatic carbocycles. The molecular weight excluding hydrogens is 471 g/mol. The van der Waals surface area contributed by atoms with Crippen LogP contribution < -0.4 is 5.32 Å². The van der Waals surface area contributed by atoms with E-state index in [-0.39, 0.29) is 12.4 Å². The second kappa shape index (κ2) is 10.3. The lowest BCUT2D eigenvalue weighted by Crippen LogP contribution is -2.48. The van der Waals surface area contributed by atoms with Crippen LogP contribution in [0, 0.1) is 5.82 Å². The van der Waals surface area contributed by atoms with Gasteiger partial charge in [-0.3, -0.25) is 4.99 Å². The minimum atomic E-state index is -0.612. The van der Waals surface area contributed by atoms with Crippen molar-refractivity contribution in [3.05, 3.63) is 61.9 Å². The van der Waals surface area contributed by atoms with E-state index in [2.05, 4.69) is 26.2 Å². The number of hydrogen-bond acceptors (Lipinski definition) is 7. The number of amidine groups is 1. The number of nitrogens with one attached hydrogen (secondary N) is 1. The molecule has 1 unspecified atom stereocenters. The van der Waals surface area contributed by atoms with Gasteiger partial charge in [0.05, 0.1) is 12.2 Å². The highest BCUT2D eigenvalue weighted by molar-refractivity contribution is 9.10. The van der Waals surface area contributed by atoms with Gasteiger partial charge in [0.2, 0.25) is 0 Å². The average Bonchev–Trinajstić information content (AvgIpc) is 3.29. The number of rotatable bonds is 4. The van der Waals surface area contributed by atoms with Crippen molar-refractivity contribution >= 4 is 39.1 Å². The van der Waals surface area contributed by atoms with Crippen molar-refractivity contribution in [3.8, 4) is 0 Å². The van der Waals surface area contributed by atoms with E-state index in [1.165, 1.54) is 23.5 Å². The number of aromatic nitrogens is 1. The number of piperazine rings is 1. The van der Waals surface area contributed by atoms with Gasteiger partial charge >= 0.3 is 5.97 Å². The summed E-state index contributed by atoms with van der Waals surface area (Å²) in [5, 5.41) is 6.00. The standard InChI is InChI=1S/C19H18BrFN4O2S.C2H6/c1-2-27-19(26)15-14-10-22-5-7-25(14)17(18-23-6-8-28-18)24-16(15)12-4-3-11(21)9-13(12)20;1-2/h3-4,6,8-9,16,22H,2,5,7,10H2,1H3;1-2H3. The van der Waals surface area contributed by atoms with Crippen LogP contribution in [-0.2, 0) is 9.53 Å². The minimum Gasteiger partial charge on any atom is -0.463 e. The molecular formula is C21H24BrFN4O2S. The molecule has 0 radical (unpaired) electrons. The molecule has 30 heavy (non-hydrogen) atoms. The number of nitrogens with zero attached hydrogens (tertiary/aromatic N) is 3. The number of carbonyl (C=O) groups excluding carboxylic acids is 1. The zero-order valence-electron chi connectivity index (χ0n) is 17.1. The number of hydrogen-bond donors (Lipinski definition) is 1. The van der Waals surface area contributed by atoms with Gasteiger partial charge in [0.1, 0.15) is 11.9 Å². The summed E-state index contributed by atoms with van der Waals surface area (Å²) in [7, 11) is 0. The van der Waals surface area contributed by atoms with E-state index >= 15 is 0 Å². The molecule has 0 spiro atoms. The zero-order chi connectivity index (χ0) is 21.7. The zero-order valence-corrected chi connectivity index (χ0v) is 19.5. The van der Waals surface area contributed by atoms with Gasteiger partial charge in [0.25, 0.3) is 0 Å². The Hall–Kier alpha value is -2.10. The first-order valence-electron chi connectivity index (χ1n) is 9.91. The molecule has 9 heteroatoms. The Kier molecular flexibility index (Phi) is 7.74. The third kappa shape index (κ3) is 4.48. The van der Waals surface area contributed by atoms with Crippen molar-refractivity contribution < 1.29 is 13.9 Å². The highest BCUT2D eigenvalue weighted by atomic mass is 79.9. The van der Waals surface area contributed by atoms with Crippen LogP contribution >= 0.6 is 27.3 Å². The van der Waals surface area contributed by atoms with E-state index in [0.29, 0.717) is 28.7 Å². The van der Waals surface area contributed by atoms with Gasteiger partial charge in [-0.05, 0) is 24.6 Å². The van der Waals surface area contributed by atoms with E-state index in [0.717, 1.165) is 23.1 Å². The first-order chi connectivity index (χ1) is 14.6. The van der Waals surface area contributed by atoms with Gasteiger partial charge in [-0.15, -0.1) is 11.3 Å². The van der Waals surface area contributed by atoms with Gasteiger partial charge < -0.3 is 15.0 Å². The van der Waals surface area contributed by atoms with Crippen molar-refractivity contribution in [2.45, 2.75) is 26.8 Å². The van der Waals surface area contributed by atoms with E-state index in [9.17, 15) is 9.18 Å². The topological polar surface area (TPSA) is 66.8 Å². The monoisotopic (exact) mass is 494 g/mol. The summed E-state index contributed by atoms with van der Waals surface area (Å²) >= 11 is 4.92. The normalized spacial score (nSPS) is 18.2. The molecule has 1 fully saturated rings. The Morgan fingerprint density at radius 1 is 1.43 bits per heavy atom. The molecule has 2 aliphatic heterocycles. The molecule has 0 aliphatic carbocycles.